The molecular weight excluding hydrogens is 470 g/mol. The van der Waals surface area contributed by atoms with Crippen molar-refractivity contribution in [2.75, 3.05) is 38.2 Å². The molecule has 4 heterocycles. The summed E-state index contributed by atoms with van der Waals surface area (Å²) in [4.78, 5) is 46.5. The molecule has 1 aromatic carbocycles. The number of fused-ring (bicyclic) bond motifs is 2. The second-order valence-electron chi connectivity index (χ2n) is 9.98. The van der Waals surface area contributed by atoms with Gasteiger partial charge in [0.25, 0.3) is 5.91 Å². The molecule has 0 aromatic heterocycles. The van der Waals surface area contributed by atoms with Gasteiger partial charge in [-0.1, -0.05) is 48.0 Å². The molecule has 8 nitrogen and oxygen atoms in total. The Bertz CT molecular complexity index is 1130. The number of likely N-dealkylation sites (tertiary alicyclic amines) is 1. The van der Waals surface area contributed by atoms with Crippen LogP contribution in [0.4, 0.5) is 5.69 Å². The van der Waals surface area contributed by atoms with Crippen molar-refractivity contribution >= 4 is 35.0 Å². The van der Waals surface area contributed by atoms with E-state index in [2.05, 4.69) is 0 Å². The van der Waals surface area contributed by atoms with Gasteiger partial charge >= 0.3 is 0 Å². The zero-order valence-corrected chi connectivity index (χ0v) is 20.9. The number of amides is 3. The Hall–Kier alpha value is -2.68. The highest BCUT2D eigenvalue weighted by atomic mass is 35.5. The predicted molar refractivity (Wildman–Crippen MR) is 131 cm³/mol. The van der Waals surface area contributed by atoms with Gasteiger partial charge in [0, 0.05) is 33.3 Å². The molecule has 2 saturated heterocycles. The number of carbonyl (C=O) groups is 3. The average molecular weight is 500 g/mol. The molecule has 4 aliphatic rings. The van der Waals surface area contributed by atoms with E-state index in [-0.39, 0.29) is 37.4 Å². The summed E-state index contributed by atoms with van der Waals surface area (Å²) >= 11 is 6.54. The van der Waals surface area contributed by atoms with Crippen molar-refractivity contribution in [1.82, 2.24) is 9.80 Å². The van der Waals surface area contributed by atoms with E-state index in [9.17, 15) is 19.5 Å². The van der Waals surface area contributed by atoms with Gasteiger partial charge in [0.15, 0.2) is 0 Å². The molecule has 9 heteroatoms. The zero-order valence-electron chi connectivity index (χ0n) is 20.1. The fourth-order valence-electron chi connectivity index (χ4n) is 6.29. The molecule has 1 spiro atoms. The van der Waals surface area contributed by atoms with Crippen LogP contribution in [0, 0.1) is 18.8 Å². The van der Waals surface area contributed by atoms with Crippen LogP contribution in [0.5, 0.6) is 0 Å². The number of ether oxygens (including phenoxy) is 1. The largest absolute Gasteiger partial charge is 0.396 e. The molecule has 0 saturated carbocycles. The average Bonchev–Trinajstić information content (AvgIpc) is 3.08. The molecular formula is C26H30ClN3O5. The van der Waals surface area contributed by atoms with Crippen molar-refractivity contribution < 1.29 is 24.2 Å². The maximum atomic E-state index is 14.3. The maximum absolute atomic E-state index is 14.3. The SMILES string of the molecule is Cc1cccc(Cl)c1N1CC=C[C@]23O[C@@]4(C)C=CCN(C)C(=O)[C@H]4[C@H]2C(=O)N(CCCO)C3C1=O. The maximum Gasteiger partial charge on any atom is 0.253 e. The zero-order chi connectivity index (χ0) is 25.1. The lowest BCUT2D eigenvalue weighted by molar-refractivity contribution is -0.148. The van der Waals surface area contributed by atoms with Crippen LogP contribution in [0.15, 0.2) is 42.5 Å². The number of aliphatic hydroxyl groups excluding tert-OH is 1. The summed E-state index contributed by atoms with van der Waals surface area (Å²) in [5.74, 6) is -2.43. The summed E-state index contributed by atoms with van der Waals surface area (Å²) in [6.07, 6.45) is 7.68. The van der Waals surface area contributed by atoms with Crippen LogP contribution in [0.2, 0.25) is 5.02 Å². The number of carbonyl (C=O) groups excluding carboxylic acids is 3. The minimum Gasteiger partial charge on any atom is -0.396 e. The predicted octanol–water partition coefficient (Wildman–Crippen LogP) is 1.93. The monoisotopic (exact) mass is 499 g/mol. The number of para-hydroxylation sites is 1. The molecule has 186 valence electrons. The highest BCUT2D eigenvalue weighted by Gasteiger charge is 2.74. The minimum absolute atomic E-state index is 0.127. The van der Waals surface area contributed by atoms with Crippen LogP contribution in [0.3, 0.4) is 0 Å². The van der Waals surface area contributed by atoms with Crippen molar-refractivity contribution in [1.29, 1.82) is 0 Å². The van der Waals surface area contributed by atoms with Gasteiger partial charge in [0.05, 0.1) is 28.1 Å². The number of anilines is 1. The standard InChI is InChI=1S/C26H30ClN3O5/c1-16-8-4-9-17(27)20(16)29-13-6-11-26-19(23(33)30(14-7-15-31)21(26)24(29)34)18-22(32)28(3)12-5-10-25(18,2)35-26/h4-6,8-11,18-19,21,31H,7,12-15H2,1-3H3/t18-,19+,21?,25+,26+/m1/s1. The number of hydrogen-bond donors (Lipinski definition) is 1. The molecule has 3 amide bonds. The normalized spacial score (nSPS) is 34.1. The van der Waals surface area contributed by atoms with Gasteiger partial charge in [-0.05, 0) is 31.9 Å². The number of hydrogen-bond acceptors (Lipinski definition) is 5. The third-order valence-electron chi connectivity index (χ3n) is 7.77. The topological polar surface area (TPSA) is 90.4 Å². The van der Waals surface area contributed by atoms with Gasteiger partial charge in [0.1, 0.15) is 11.6 Å². The first-order chi connectivity index (χ1) is 16.7. The first-order valence-electron chi connectivity index (χ1n) is 11.9. The van der Waals surface area contributed by atoms with Gasteiger partial charge in [-0.3, -0.25) is 14.4 Å². The van der Waals surface area contributed by atoms with Crippen LogP contribution in [0.1, 0.15) is 18.9 Å². The Kier molecular flexibility index (Phi) is 5.81. The van der Waals surface area contributed by atoms with Crippen molar-refractivity contribution in [3.05, 3.63) is 53.1 Å². The van der Waals surface area contributed by atoms with Gasteiger partial charge in [-0.15, -0.1) is 0 Å². The molecule has 0 aliphatic carbocycles. The third-order valence-corrected chi connectivity index (χ3v) is 8.08. The summed E-state index contributed by atoms with van der Waals surface area (Å²) in [6.45, 7) is 4.44. The van der Waals surface area contributed by atoms with Crippen LogP contribution < -0.4 is 4.90 Å². The molecule has 1 unspecified atom stereocenters. The highest BCUT2D eigenvalue weighted by molar-refractivity contribution is 6.34. The number of rotatable bonds is 4. The number of benzene rings is 1. The van der Waals surface area contributed by atoms with E-state index in [1.807, 2.05) is 50.3 Å². The number of aryl methyl sites for hydroxylation is 1. The van der Waals surface area contributed by atoms with E-state index in [0.29, 0.717) is 23.7 Å². The quantitative estimate of drug-likeness (QED) is 0.639. The van der Waals surface area contributed by atoms with Gasteiger partial charge < -0.3 is 24.5 Å². The van der Waals surface area contributed by atoms with Crippen molar-refractivity contribution in [2.24, 2.45) is 11.8 Å². The molecule has 35 heavy (non-hydrogen) atoms. The lowest BCUT2D eigenvalue weighted by Gasteiger charge is -2.37. The van der Waals surface area contributed by atoms with Crippen molar-refractivity contribution in [3.63, 3.8) is 0 Å². The Morgan fingerprint density at radius 3 is 2.54 bits per heavy atom. The van der Waals surface area contributed by atoms with Crippen molar-refractivity contribution in [3.8, 4) is 0 Å². The first-order valence-corrected chi connectivity index (χ1v) is 12.3. The number of halogens is 1. The summed E-state index contributed by atoms with van der Waals surface area (Å²) in [7, 11) is 1.71. The molecule has 0 radical (unpaired) electrons. The van der Waals surface area contributed by atoms with E-state index in [0.717, 1.165) is 5.56 Å². The van der Waals surface area contributed by atoms with E-state index in [1.165, 1.54) is 4.90 Å². The Balaban J connectivity index is 1.67. The Labute approximate surface area is 209 Å². The molecule has 1 aromatic rings. The van der Waals surface area contributed by atoms with E-state index in [1.54, 1.807) is 22.9 Å². The molecule has 1 N–H and O–H groups in total. The molecule has 5 rings (SSSR count). The number of nitrogens with zero attached hydrogens (tertiary/aromatic N) is 3. The van der Waals surface area contributed by atoms with Crippen LogP contribution in [-0.2, 0) is 19.1 Å². The smallest absolute Gasteiger partial charge is 0.253 e. The second-order valence-corrected chi connectivity index (χ2v) is 10.4. The number of likely N-dealkylation sites (N-methyl/N-ethyl adjacent to an activating group) is 1. The number of aliphatic hydroxyl groups is 1. The third kappa shape index (κ3) is 3.37. The summed E-state index contributed by atoms with van der Waals surface area (Å²) < 4.78 is 6.72. The van der Waals surface area contributed by atoms with Crippen LogP contribution >= 0.6 is 11.6 Å². The van der Waals surface area contributed by atoms with Crippen LogP contribution in [0.25, 0.3) is 0 Å². The molecule has 4 aliphatic heterocycles. The Morgan fingerprint density at radius 1 is 1.09 bits per heavy atom. The first kappa shape index (κ1) is 24.0. The fraction of sp³-hybridized carbons (Fsp3) is 0.500. The highest BCUT2D eigenvalue weighted by Crippen LogP contribution is 2.57. The summed E-state index contributed by atoms with van der Waals surface area (Å²) in [5.41, 5.74) is -0.926. The second kappa shape index (κ2) is 8.47. The fourth-order valence-corrected chi connectivity index (χ4v) is 6.61. The lowest BCUT2D eigenvalue weighted by atomic mass is 9.74. The summed E-state index contributed by atoms with van der Waals surface area (Å²) in [5, 5.41) is 9.95. The lowest BCUT2D eigenvalue weighted by Crippen LogP contribution is -2.56. The van der Waals surface area contributed by atoms with E-state index < -0.39 is 29.1 Å². The summed E-state index contributed by atoms with van der Waals surface area (Å²) in [6, 6.07) is 4.45. The minimum atomic E-state index is -1.31. The Morgan fingerprint density at radius 2 is 1.83 bits per heavy atom. The van der Waals surface area contributed by atoms with Crippen molar-refractivity contribution in [2.45, 2.75) is 37.5 Å². The van der Waals surface area contributed by atoms with E-state index >= 15 is 0 Å². The van der Waals surface area contributed by atoms with E-state index in [4.69, 9.17) is 16.3 Å². The molecule has 2 fully saturated rings. The van der Waals surface area contributed by atoms with Gasteiger partial charge in [-0.2, -0.15) is 0 Å². The van der Waals surface area contributed by atoms with Crippen LogP contribution in [-0.4, -0.2) is 83.2 Å². The van der Waals surface area contributed by atoms with Gasteiger partial charge in [-0.25, -0.2) is 0 Å². The molecule has 0 bridgehead atoms. The molecule has 5 atom stereocenters. The van der Waals surface area contributed by atoms with Gasteiger partial charge in [0.2, 0.25) is 11.8 Å².